The maximum atomic E-state index is 10.6. The van der Waals surface area contributed by atoms with Crippen LogP contribution in [0.2, 0.25) is 0 Å². The standard InChI is InChI=1S/C11H19O/c1-11(2)9-4-3-8(5-6-12)10(11)7-9/h8-10H,3-7H2,1-2H3. The van der Waals surface area contributed by atoms with Crippen LogP contribution in [0.15, 0.2) is 0 Å². The summed E-state index contributed by atoms with van der Waals surface area (Å²) in [5, 5.41) is 10.6. The topological polar surface area (TPSA) is 19.9 Å². The predicted molar refractivity (Wildman–Crippen MR) is 48.3 cm³/mol. The predicted octanol–water partition coefficient (Wildman–Crippen LogP) is 2.88. The summed E-state index contributed by atoms with van der Waals surface area (Å²) >= 11 is 0. The van der Waals surface area contributed by atoms with E-state index in [2.05, 4.69) is 13.8 Å². The zero-order valence-corrected chi connectivity index (χ0v) is 8.18. The largest absolute Gasteiger partial charge is 0.237 e. The van der Waals surface area contributed by atoms with E-state index in [4.69, 9.17) is 0 Å². The van der Waals surface area contributed by atoms with Gasteiger partial charge < -0.3 is 0 Å². The molecule has 0 aliphatic heterocycles. The fraction of sp³-hybridized carbons (Fsp3) is 1.00. The minimum absolute atomic E-state index is 0.141. The van der Waals surface area contributed by atoms with Gasteiger partial charge in [0, 0.05) is 0 Å². The monoisotopic (exact) mass is 167 g/mol. The number of fused-ring (bicyclic) bond motifs is 2. The molecule has 0 N–H and O–H groups in total. The van der Waals surface area contributed by atoms with Gasteiger partial charge in [-0.1, -0.05) is 13.8 Å². The highest BCUT2D eigenvalue weighted by molar-refractivity contribution is 5.02. The van der Waals surface area contributed by atoms with Crippen LogP contribution in [-0.2, 0) is 5.11 Å². The molecule has 3 saturated carbocycles. The van der Waals surface area contributed by atoms with Crippen LogP contribution in [0.4, 0.5) is 0 Å². The molecule has 0 aromatic heterocycles. The Labute approximate surface area is 75.2 Å². The molecular weight excluding hydrogens is 148 g/mol. The number of hydrogen-bond donors (Lipinski definition) is 0. The van der Waals surface area contributed by atoms with Crippen molar-refractivity contribution in [1.29, 1.82) is 0 Å². The lowest BCUT2D eigenvalue weighted by Gasteiger charge is -2.60. The zero-order chi connectivity index (χ0) is 8.77. The highest BCUT2D eigenvalue weighted by Gasteiger charge is 2.53. The first kappa shape index (κ1) is 8.55. The van der Waals surface area contributed by atoms with Gasteiger partial charge in [-0.05, 0) is 48.9 Å². The van der Waals surface area contributed by atoms with Crippen LogP contribution >= 0.6 is 0 Å². The second-order valence-corrected chi connectivity index (χ2v) is 5.19. The van der Waals surface area contributed by atoms with Crippen molar-refractivity contribution in [2.75, 3.05) is 6.61 Å². The van der Waals surface area contributed by atoms with Crippen molar-refractivity contribution in [2.24, 2.45) is 23.2 Å². The van der Waals surface area contributed by atoms with Crippen molar-refractivity contribution >= 4 is 0 Å². The van der Waals surface area contributed by atoms with Crippen LogP contribution in [0.25, 0.3) is 0 Å². The van der Waals surface area contributed by atoms with Gasteiger partial charge in [-0.25, -0.2) is 5.11 Å². The first-order valence-corrected chi connectivity index (χ1v) is 5.24. The Kier molecular flexibility index (Phi) is 1.95. The van der Waals surface area contributed by atoms with E-state index in [0.717, 1.165) is 24.2 Å². The Morgan fingerprint density at radius 3 is 2.58 bits per heavy atom. The van der Waals surface area contributed by atoms with Gasteiger partial charge in [-0.15, -0.1) is 0 Å². The first-order valence-electron chi connectivity index (χ1n) is 5.24. The van der Waals surface area contributed by atoms with Crippen molar-refractivity contribution in [2.45, 2.75) is 39.5 Å². The fourth-order valence-electron chi connectivity index (χ4n) is 3.46. The third-order valence-corrected chi connectivity index (χ3v) is 4.49. The Bertz CT molecular complexity index is 170. The van der Waals surface area contributed by atoms with E-state index in [-0.39, 0.29) is 6.61 Å². The lowest BCUT2D eigenvalue weighted by molar-refractivity contribution is -0.110. The maximum absolute atomic E-state index is 10.6. The third-order valence-electron chi connectivity index (χ3n) is 4.49. The molecule has 3 unspecified atom stereocenters. The molecule has 1 radical (unpaired) electrons. The van der Waals surface area contributed by atoms with E-state index in [1.165, 1.54) is 19.3 Å². The number of rotatable bonds is 2. The molecular formula is C11H19O. The van der Waals surface area contributed by atoms with Crippen LogP contribution in [-0.4, -0.2) is 6.61 Å². The van der Waals surface area contributed by atoms with Gasteiger partial charge in [-0.2, -0.15) is 0 Å². The van der Waals surface area contributed by atoms with Crippen LogP contribution in [0.3, 0.4) is 0 Å². The minimum Gasteiger partial charge on any atom is -0.237 e. The second kappa shape index (κ2) is 2.73. The van der Waals surface area contributed by atoms with Crippen molar-refractivity contribution in [1.82, 2.24) is 0 Å². The third kappa shape index (κ3) is 1.02. The van der Waals surface area contributed by atoms with Gasteiger partial charge in [0.05, 0.1) is 6.61 Å². The molecule has 0 aromatic rings. The van der Waals surface area contributed by atoms with E-state index in [0.29, 0.717) is 5.41 Å². The summed E-state index contributed by atoms with van der Waals surface area (Å²) in [6, 6.07) is 0. The van der Waals surface area contributed by atoms with Crippen molar-refractivity contribution in [3.8, 4) is 0 Å². The van der Waals surface area contributed by atoms with Gasteiger partial charge >= 0.3 is 0 Å². The van der Waals surface area contributed by atoms with Crippen LogP contribution < -0.4 is 0 Å². The average molecular weight is 167 g/mol. The van der Waals surface area contributed by atoms with Gasteiger partial charge in [-0.3, -0.25) is 0 Å². The summed E-state index contributed by atoms with van der Waals surface area (Å²) in [6.07, 6.45) is 5.06. The lowest BCUT2D eigenvalue weighted by Crippen LogP contribution is -2.52. The van der Waals surface area contributed by atoms with Crippen LogP contribution in [0, 0.1) is 23.2 Å². The summed E-state index contributed by atoms with van der Waals surface area (Å²) in [5.41, 5.74) is 0.568. The quantitative estimate of drug-likeness (QED) is 0.602. The van der Waals surface area contributed by atoms with Gasteiger partial charge in [0.25, 0.3) is 0 Å². The highest BCUT2D eigenvalue weighted by Crippen LogP contribution is 2.61. The Morgan fingerprint density at radius 2 is 2.08 bits per heavy atom. The highest BCUT2D eigenvalue weighted by atomic mass is 16.3. The molecule has 0 saturated heterocycles. The molecule has 3 fully saturated rings. The number of hydrogen-bond acceptors (Lipinski definition) is 0. The Balaban J connectivity index is 2.01. The van der Waals surface area contributed by atoms with Gasteiger partial charge in [0.1, 0.15) is 0 Å². The minimum atomic E-state index is 0.141. The van der Waals surface area contributed by atoms with E-state index < -0.39 is 0 Å². The first-order chi connectivity index (χ1) is 5.66. The van der Waals surface area contributed by atoms with Crippen molar-refractivity contribution < 1.29 is 5.11 Å². The molecule has 3 aliphatic rings. The summed E-state index contributed by atoms with van der Waals surface area (Å²) in [6.45, 7) is 4.92. The van der Waals surface area contributed by atoms with Crippen molar-refractivity contribution in [3.63, 3.8) is 0 Å². The molecule has 3 atom stereocenters. The molecule has 0 spiro atoms. The van der Waals surface area contributed by atoms with Gasteiger partial charge in [0.2, 0.25) is 0 Å². The Morgan fingerprint density at radius 1 is 1.33 bits per heavy atom. The molecule has 69 valence electrons. The SMILES string of the molecule is CC1(C)C2CCC(CC[O])C1C2. The molecule has 0 amide bonds. The Hall–Kier alpha value is -0.0400. The van der Waals surface area contributed by atoms with Crippen LogP contribution in [0.1, 0.15) is 39.5 Å². The lowest BCUT2D eigenvalue weighted by atomic mass is 9.45. The molecule has 2 bridgehead atoms. The summed E-state index contributed by atoms with van der Waals surface area (Å²) < 4.78 is 0. The summed E-state index contributed by atoms with van der Waals surface area (Å²) in [5.74, 6) is 2.62. The smallest absolute Gasteiger partial charge is 0.0825 e. The molecule has 1 nitrogen and oxygen atoms in total. The van der Waals surface area contributed by atoms with E-state index in [1.54, 1.807) is 0 Å². The van der Waals surface area contributed by atoms with Crippen molar-refractivity contribution in [3.05, 3.63) is 0 Å². The summed E-state index contributed by atoms with van der Waals surface area (Å²) in [7, 11) is 0. The molecule has 12 heavy (non-hydrogen) atoms. The molecule has 0 aromatic carbocycles. The zero-order valence-electron chi connectivity index (χ0n) is 8.18. The van der Waals surface area contributed by atoms with Crippen LogP contribution in [0.5, 0.6) is 0 Å². The van der Waals surface area contributed by atoms with E-state index in [1.807, 2.05) is 0 Å². The maximum Gasteiger partial charge on any atom is 0.0825 e. The second-order valence-electron chi connectivity index (χ2n) is 5.19. The average Bonchev–Trinajstić information content (AvgIpc) is 2.05. The van der Waals surface area contributed by atoms with E-state index >= 15 is 0 Å². The van der Waals surface area contributed by atoms with E-state index in [9.17, 15) is 5.11 Å². The summed E-state index contributed by atoms with van der Waals surface area (Å²) in [4.78, 5) is 0. The molecule has 0 heterocycles. The molecule has 3 rings (SSSR count). The molecule has 3 aliphatic carbocycles. The fourth-order valence-corrected chi connectivity index (χ4v) is 3.46. The normalized spacial score (nSPS) is 43.8. The van der Waals surface area contributed by atoms with Gasteiger partial charge in [0.15, 0.2) is 0 Å². The molecule has 1 heteroatoms.